The van der Waals surface area contributed by atoms with Gasteiger partial charge in [-0.3, -0.25) is 9.36 Å². The molecule has 2 aliphatic heterocycles. The Labute approximate surface area is 239 Å². The lowest BCUT2D eigenvalue weighted by atomic mass is 9.96. The van der Waals surface area contributed by atoms with E-state index in [0.29, 0.717) is 31.4 Å². The maximum absolute atomic E-state index is 13.9. The molecule has 2 aliphatic rings. The number of esters is 1. The second-order valence-electron chi connectivity index (χ2n) is 9.55. The zero-order valence-corrected chi connectivity index (χ0v) is 23.9. The highest BCUT2D eigenvalue weighted by Gasteiger charge is 2.33. The summed E-state index contributed by atoms with van der Waals surface area (Å²) in [6.45, 7) is 7.98. The van der Waals surface area contributed by atoms with E-state index in [4.69, 9.17) is 25.8 Å². The Bertz CT molecular complexity index is 1880. The van der Waals surface area contributed by atoms with Gasteiger partial charge in [0.2, 0.25) is 6.79 Å². The molecule has 1 atom stereocenters. The molecule has 4 aromatic rings. The fourth-order valence-corrected chi connectivity index (χ4v) is 6.41. The van der Waals surface area contributed by atoms with Crippen molar-refractivity contribution in [2.45, 2.75) is 33.7 Å². The van der Waals surface area contributed by atoms with Crippen LogP contribution in [0.25, 0.3) is 11.8 Å². The van der Waals surface area contributed by atoms with Gasteiger partial charge in [-0.25, -0.2) is 9.79 Å². The largest absolute Gasteiger partial charge is 0.463 e. The highest BCUT2D eigenvalue weighted by atomic mass is 35.5. The lowest BCUT2D eigenvalue weighted by molar-refractivity contribution is -0.139. The van der Waals surface area contributed by atoms with E-state index < -0.39 is 12.0 Å². The van der Waals surface area contributed by atoms with Gasteiger partial charge in [-0.1, -0.05) is 35.1 Å². The molecule has 0 unspecified atom stereocenters. The van der Waals surface area contributed by atoms with E-state index in [-0.39, 0.29) is 19.0 Å². The van der Waals surface area contributed by atoms with Crippen LogP contribution in [-0.4, -0.2) is 28.5 Å². The third-order valence-corrected chi connectivity index (χ3v) is 8.31. The van der Waals surface area contributed by atoms with Crippen LogP contribution in [0.3, 0.4) is 0 Å². The molecule has 0 amide bonds. The van der Waals surface area contributed by atoms with E-state index in [0.717, 1.165) is 34.0 Å². The van der Waals surface area contributed by atoms with E-state index in [9.17, 15) is 9.59 Å². The number of aryl methyl sites for hydroxylation is 1. The van der Waals surface area contributed by atoms with Gasteiger partial charge in [0.1, 0.15) is 0 Å². The van der Waals surface area contributed by atoms with Crippen molar-refractivity contribution >= 4 is 35.0 Å². The van der Waals surface area contributed by atoms with Gasteiger partial charge in [0.25, 0.3) is 5.56 Å². The van der Waals surface area contributed by atoms with Gasteiger partial charge in [0, 0.05) is 28.2 Å². The topological polar surface area (TPSA) is 84.1 Å². The predicted octanol–water partition coefficient (Wildman–Crippen LogP) is 4.59. The molecule has 10 heteroatoms. The smallest absolute Gasteiger partial charge is 0.338 e. The molecule has 6 rings (SSSR count). The quantitative estimate of drug-likeness (QED) is 0.325. The number of aromatic nitrogens is 2. The fourth-order valence-electron chi connectivity index (χ4n) is 5.25. The number of allylic oxidation sites excluding steroid dienone is 1. The minimum atomic E-state index is -0.684. The van der Waals surface area contributed by atoms with Crippen molar-refractivity contribution in [1.29, 1.82) is 0 Å². The molecule has 0 saturated carbocycles. The first-order chi connectivity index (χ1) is 19.3. The predicted molar refractivity (Wildman–Crippen MR) is 153 cm³/mol. The van der Waals surface area contributed by atoms with E-state index >= 15 is 0 Å². The highest BCUT2D eigenvalue weighted by molar-refractivity contribution is 7.07. The molecular weight excluding hydrogens is 550 g/mol. The Hall–Kier alpha value is -4.08. The molecule has 0 fully saturated rings. The Balaban J connectivity index is 1.49. The monoisotopic (exact) mass is 575 g/mol. The number of ether oxygens (including phenoxy) is 3. The van der Waals surface area contributed by atoms with E-state index in [1.165, 1.54) is 11.3 Å². The Kier molecular flexibility index (Phi) is 6.64. The van der Waals surface area contributed by atoms with Crippen molar-refractivity contribution < 1.29 is 19.0 Å². The average molecular weight is 576 g/mol. The summed E-state index contributed by atoms with van der Waals surface area (Å²) in [5.74, 6) is 0.931. The van der Waals surface area contributed by atoms with E-state index in [1.807, 2.05) is 56.3 Å². The number of carbonyl (C=O) groups excluding carboxylic acids is 1. The van der Waals surface area contributed by atoms with Crippen molar-refractivity contribution in [3.05, 3.63) is 107 Å². The molecule has 0 radical (unpaired) electrons. The van der Waals surface area contributed by atoms with Crippen LogP contribution in [0.4, 0.5) is 0 Å². The zero-order chi connectivity index (χ0) is 28.1. The first-order valence-corrected chi connectivity index (χ1v) is 14.0. The van der Waals surface area contributed by atoms with Crippen molar-refractivity contribution in [3.8, 4) is 17.2 Å². The fraction of sp³-hybridized carbons (Fsp3) is 0.233. The van der Waals surface area contributed by atoms with Crippen LogP contribution < -0.4 is 24.4 Å². The molecule has 0 bridgehead atoms. The minimum Gasteiger partial charge on any atom is -0.463 e. The van der Waals surface area contributed by atoms with Crippen molar-refractivity contribution in [1.82, 2.24) is 9.13 Å². The van der Waals surface area contributed by atoms with Crippen LogP contribution >= 0.6 is 22.9 Å². The van der Waals surface area contributed by atoms with Gasteiger partial charge < -0.3 is 18.8 Å². The Morgan fingerprint density at radius 3 is 2.62 bits per heavy atom. The summed E-state index contributed by atoms with van der Waals surface area (Å²) in [7, 11) is 0. The number of halogens is 1. The number of thiazole rings is 1. The van der Waals surface area contributed by atoms with Gasteiger partial charge in [-0.15, -0.1) is 0 Å². The number of nitrogens with zero attached hydrogens (tertiary/aromatic N) is 3. The Morgan fingerprint density at radius 1 is 1.12 bits per heavy atom. The summed E-state index contributed by atoms with van der Waals surface area (Å²) in [5.41, 5.74) is 5.20. The van der Waals surface area contributed by atoms with Crippen LogP contribution in [-0.2, 0) is 9.53 Å². The third-order valence-electron chi connectivity index (χ3n) is 7.07. The van der Waals surface area contributed by atoms with Crippen LogP contribution in [0.5, 0.6) is 11.5 Å². The molecule has 8 nitrogen and oxygen atoms in total. The molecule has 4 heterocycles. The molecule has 2 aromatic carbocycles. The van der Waals surface area contributed by atoms with Gasteiger partial charge in [-0.2, -0.15) is 0 Å². The average Bonchev–Trinajstić information content (AvgIpc) is 3.59. The second-order valence-corrected chi connectivity index (χ2v) is 11.0. The maximum atomic E-state index is 13.9. The number of hydrogen-bond acceptors (Lipinski definition) is 7. The first kappa shape index (κ1) is 26.2. The van der Waals surface area contributed by atoms with E-state index in [1.54, 1.807) is 30.5 Å². The molecule has 0 N–H and O–H groups in total. The summed E-state index contributed by atoms with van der Waals surface area (Å²) >= 11 is 7.44. The number of hydrogen-bond donors (Lipinski definition) is 0. The van der Waals surface area contributed by atoms with Crippen molar-refractivity contribution in [3.63, 3.8) is 0 Å². The zero-order valence-electron chi connectivity index (χ0n) is 22.4. The van der Waals surface area contributed by atoms with Crippen molar-refractivity contribution in [2.75, 3.05) is 13.4 Å². The summed E-state index contributed by atoms with van der Waals surface area (Å²) in [6.07, 6.45) is 1.89. The van der Waals surface area contributed by atoms with Gasteiger partial charge in [0.15, 0.2) is 16.3 Å². The van der Waals surface area contributed by atoms with Crippen molar-refractivity contribution in [2.24, 2.45) is 4.99 Å². The normalized spacial score (nSPS) is 16.2. The molecule has 0 aliphatic carbocycles. The van der Waals surface area contributed by atoms with Gasteiger partial charge in [0.05, 0.1) is 28.5 Å². The first-order valence-electron chi connectivity index (χ1n) is 12.8. The van der Waals surface area contributed by atoms with E-state index in [2.05, 4.69) is 9.56 Å². The lowest BCUT2D eigenvalue weighted by Crippen LogP contribution is -2.39. The molecule has 0 saturated heterocycles. The maximum Gasteiger partial charge on any atom is 0.338 e. The molecule has 0 spiro atoms. The molecule has 2 aromatic heterocycles. The van der Waals surface area contributed by atoms with Crippen LogP contribution in [0.1, 0.15) is 42.4 Å². The van der Waals surface area contributed by atoms with Crippen LogP contribution in [0.15, 0.2) is 69.6 Å². The van der Waals surface area contributed by atoms with Gasteiger partial charge in [-0.05, 0) is 75.2 Å². The number of fused-ring (bicyclic) bond motifs is 2. The number of benzene rings is 2. The summed E-state index contributed by atoms with van der Waals surface area (Å²) in [6, 6.07) is 14.3. The molecule has 40 heavy (non-hydrogen) atoms. The number of rotatable bonds is 5. The minimum absolute atomic E-state index is 0.211. The second kappa shape index (κ2) is 10.1. The third kappa shape index (κ3) is 4.35. The molecule has 204 valence electrons. The lowest BCUT2D eigenvalue weighted by Gasteiger charge is -2.24. The SMILES string of the molecule is CCOC(=O)C1=C(C)N=c2s/c(=C/c3cc(C)n(-c4ccc5c(c4)OCO5)c3C)c(=O)n2[C@H]1c1ccc(Cl)cc1. The van der Waals surface area contributed by atoms with Crippen LogP contribution in [0.2, 0.25) is 5.02 Å². The molecular formula is C30H26ClN3O5S. The number of carbonyl (C=O) groups is 1. The van der Waals surface area contributed by atoms with Crippen LogP contribution in [0, 0.1) is 13.8 Å². The highest BCUT2D eigenvalue weighted by Crippen LogP contribution is 2.35. The summed E-state index contributed by atoms with van der Waals surface area (Å²) < 4.78 is 20.6. The Morgan fingerprint density at radius 2 is 1.88 bits per heavy atom. The summed E-state index contributed by atoms with van der Waals surface area (Å²) in [5, 5.41) is 0.562. The van der Waals surface area contributed by atoms with Gasteiger partial charge >= 0.3 is 5.97 Å². The standard InChI is InChI=1S/C30H26ClN3O5S/c1-5-37-29(36)26-17(3)32-30-34(27(26)19-6-8-21(31)9-7-19)28(35)25(40-30)13-20-12-16(2)33(18(20)4)22-10-11-23-24(14-22)39-15-38-23/h6-14,27H,5,15H2,1-4H3/b25-13+/t27-/m0/s1. The summed E-state index contributed by atoms with van der Waals surface area (Å²) in [4.78, 5) is 32.2.